The number of aromatic nitrogens is 2. The summed E-state index contributed by atoms with van der Waals surface area (Å²) in [6.45, 7) is 7.42. The molecule has 112 valence electrons. The van der Waals surface area contributed by atoms with Crippen molar-refractivity contribution in [3.8, 4) is 5.40 Å². The molecule has 1 aliphatic heterocycles. The molecule has 8 heteroatoms. The third-order valence-electron chi connectivity index (χ3n) is 3.44. The Morgan fingerprint density at radius 1 is 1.38 bits per heavy atom. The lowest BCUT2D eigenvalue weighted by atomic mass is 9.92. The number of nitro groups is 1. The quantitative estimate of drug-likeness (QED) is 0.278. The molecule has 0 amide bonds. The SMILES string of the molecule is Cc1nc(SC#N)c([N+](=O)[O-])c(N2CC(C)CC(C)C2)n1. The van der Waals surface area contributed by atoms with Gasteiger partial charge in [-0.2, -0.15) is 5.26 Å². The molecule has 1 aliphatic rings. The number of nitriles is 1. The van der Waals surface area contributed by atoms with Crippen LogP contribution in [0.3, 0.4) is 0 Å². The maximum absolute atomic E-state index is 11.4. The van der Waals surface area contributed by atoms with Crippen LogP contribution in [0.4, 0.5) is 11.5 Å². The Bertz CT molecular complexity index is 591. The Hall–Kier alpha value is -1.88. The molecule has 2 unspecified atom stereocenters. The van der Waals surface area contributed by atoms with Crippen molar-refractivity contribution in [2.75, 3.05) is 18.0 Å². The number of nitrogens with zero attached hydrogens (tertiary/aromatic N) is 5. The highest BCUT2D eigenvalue weighted by Gasteiger charge is 2.32. The van der Waals surface area contributed by atoms with Crippen LogP contribution < -0.4 is 4.90 Å². The first-order chi connectivity index (χ1) is 9.92. The molecule has 0 radical (unpaired) electrons. The minimum absolute atomic E-state index is 0.121. The van der Waals surface area contributed by atoms with Crippen LogP contribution in [-0.2, 0) is 0 Å². The lowest BCUT2D eigenvalue weighted by Crippen LogP contribution is -2.39. The van der Waals surface area contributed by atoms with E-state index in [9.17, 15) is 10.1 Å². The Morgan fingerprint density at radius 2 is 2.00 bits per heavy atom. The second-order valence-electron chi connectivity index (χ2n) is 5.55. The van der Waals surface area contributed by atoms with Gasteiger partial charge in [-0.15, -0.1) is 0 Å². The van der Waals surface area contributed by atoms with Crippen molar-refractivity contribution in [1.82, 2.24) is 9.97 Å². The van der Waals surface area contributed by atoms with Gasteiger partial charge in [0, 0.05) is 24.9 Å². The van der Waals surface area contributed by atoms with Crippen molar-refractivity contribution < 1.29 is 4.92 Å². The molecular weight excluding hydrogens is 290 g/mol. The molecule has 0 aromatic carbocycles. The van der Waals surface area contributed by atoms with E-state index < -0.39 is 4.92 Å². The van der Waals surface area contributed by atoms with Crippen LogP contribution in [0, 0.1) is 39.5 Å². The molecule has 0 aliphatic carbocycles. The van der Waals surface area contributed by atoms with Gasteiger partial charge < -0.3 is 4.90 Å². The van der Waals surface area contributed by atoms with Crippen LogP contribution in [0.5, 0.6) is 0 Å². The Morgan fingerprint density at radius 3 is 2.52 bits per heavy atom. The summed E-state index contributed by atoms with van der Waals surface area (Å²) in [5.41, 5.74) is -0.159. The molecule has 0 N–H and O–H groups in total. The molecule has 2 heterocycles. The van der Waals surface area contributed by atoms with Gasteiger partial charge in [-0.25, -0.2) is 9.97 Å². The monoisotopic (exact) mass is 307 g/mol. The number of thiocyanates is 1. The second kappa shape index (κ2) is 6.26. The number of hydrogen-bond donors (Lipinski definition) is 0. The van der Waals surface area contributed by atoms with Gasteiger partial charge in [0.2, 0.25) is 5.82 Å². The van der Waals surface area contributed by atoms with Gasteiger partial charge in [0.05, 0.1) is 4.92 Å². The highest BCUT2D eigenvalue weighted by molar-refractivity contribution is 8.03. The van der Waals surface area contributed by atoms with Crippen LogP contribution in [-0.4, -0.2) is 28.0 Å². The van der Waals surface area contributed by atoms with Crippen molar-refractivity contribution in [2.24, 2.45) is 11.8 Å². The zero-order valence-electron chi connectivity index (χ0n) is 12.2. The van der Waals surface area contributed by atoms with Gasteiger partial charge in [-0.1, -0.05) is 13.8 Å². The van der Waals surface area contributed by atoms with Crippen LogP contribution in [0.2, 0.25) is 0 Å². The van der Waals surface area contributed by atoms with Crippen LogP contribution in [0.15, 0.2) is 5.03 Å². The number of rotatable bonds is 3. The third-order valence-corrected chi connectivity index (χ3v) is 4.01. The molecule has 1 fully saturated rings. The second-order valence-corrected chi connectivity index (χ2v) is 6.32. The van der Waals surface area contributed by atoms with E-state index in [1.54, 1.807) is 6.92 Å². The van der Waals surface area contributed by atoms with E-state index in [-0.39, 0.29) is 10.7 Å². The van der Waals surface area contributed by atoms with E-state index >= 15 is 0 Å². The molecule has 2 atom stereocenters. The first-order valence-corrected chi connectivity index (χ1v) is 7.58. The van der Waals surface area contributed by atoms with Crippen molar-refractivity contribution in [2.45, 2.75) is 32.2 Å². The maximum Gasteiger partial charge on any atom is 0.344 e. The average Bonchev–Trinajstić information content (AvgIpc) is 2.36. The van der Waals surface area contributed by atoms with Crippen LogP contribution >= 0.6 is 11.8 Å². The smallest absolute Gasteiger partial charge is 0.344 e. The minimum atomic E-state index is -0.488. The van der Waals surface area contributed by atoms with Gasteiger partial charge >= 0.3 is 5.69 Å². The maximum atomic E-state index is 11.4. The third kappa shape index (κ3) is 3.42. The summed E-state index contributed by atoms with van der Waals surface area (Å²) in [4.78, 5) is 21.2. The van der Waals surface area contributed by atoms with E-state index in [0.717, 1.165) is 19.5 Å². The Labute approximate surface area is 127 Å². The molecule has 1 aromatic heterocycles. The van der Waals surface area contributed by atoms with Gasteiger partial charge in [0.25, 0.3) is 0 Å². The molecule has 1 aromatic rings. The van der Waals surface area contributed by atoms with Crippen molar-refractivity contribution in [3.05, 3.63) is 15.9 Å². The lowest BCUT2D eigenvalue weighted by molar-refractivity contribution is -0.387. The van der Waals surface area contributed by atoms with Crippen LogP contribution in [0.1, 0.15) is 26.1 Å². The predicted octanol–water partition coefficient (Wildman–Crippen LogP) is 2.75. The summed E-state index contributed by atoms with van der Waals surface area (Å²) in [6, 6.07) is 0. The van der Waals surface area contributed by atoms with Gasteiger partial charge in [0.1, 0.15) is 11.2 Å². The van der Waals surface area contributed by atoms with Gasteiger partial charge in [-0.3, -0.25) is 10.1 Å². The molecule has 0 spiro atoms. The van der Waals surface area contributed by atoms with E-state index in [2.05, 4.69) is 23.8 Å². The zero-order valence-corrected chi connectivity index (χ0v) is 13.1. The van der Waals surface area contributed by atoms with Crippen molar-refractivity contribution >= 4 is 23.3 Å². The number of piperidine rings is 1. The predicted molar refractivity (Wildman–Crippen MR) is 80.1 cm³/mol. The molecule has 0 bridgehead atoms. The largest absolute Gasteiger partial charge is 0.350 e. The fourth-order valence-electron chi connectivity index (χ4n) is 2.86. The fourth-order valence-corrected chi connectivity index (χ4v) is 3.38. The highest BCUT2D eigenvalue weighted by atomic mass is 32.2. The Kier molecular flexibility index (Phi) is 4.63. The van der Waals surface area contributed by atoms with E-state index in [4.69, 9.17) is 5.26 Å². The van der Waals surface area contributed by atoms with Crippen molar-refractivity contribution in [1.29, 1.82) is 5.26 Å². The Balaban J connectivity index is 2.51. The summed E-state index contributed by atoms with van der Waals surface area (Å²) in [5, 5.41) is 22.2. The van der Waals surface area contributed by atoms with Gasteiger partial charge in [0.15, 0.2) is 5.03 Å². The van der Waals surface area contributed by atoms with Crippen LogP contribution in [0.25, 0.3) is 0 Å². The molecular formula is C13H17N5O2S. The summed E-state index contributed by atoms with van der Waals surface area (Å²) in [7, 11) is 0. The summed E-state index contributed by atoms with van der Waals surface area (Å²) in [6.07, 6.45) is 1.11. The molecule has 2 rings (SSSR count). The highest BCUT2D eigenvalue weighted by Crippen LogP contribution is 2.37. The number of aryl methyl sites for hydroxylation is 1. The molecule has 1 saturated heterocycles. The molecule has 0 saturated carbocycles. The topological polar surface area (TPSA) is 95.9 Å². The molecule has 7 nitrogen and oxygen atoms in total. The average molecular weight is 307 g/mol. The lowest BCUT2D eigenvalue weighted by Gasteiger charge is -2.35. The summed E-state index contributed by atoms with van der Waals surface area (Å²) >= 11 is 0.710. The van der Waals surface area contributed by atoms with Crippen molar-refractivity contribution in [3.63, 3.8) is 0 Å². The van der Waals surface area contributed by atoms with E-state index in [1.165, 1.54) is 0 Å². The normalized spacial score (nSPS) is 21.9. The van der Waals surface area contributed by atoms with E-state index in [1.807, 2.05) is 10.3 Å². The van der Waals surface area contributed by atoms with E-state index in [0.29, 0.717) is 35.2 Å². The zero-order chi connectivity index (χ0) is 15.6. The first kappa shape index (κ1) is 15.5. The molecule has 21 heavy (non-hydrogen) atoms. The number of hydrogen-bond acceptors (Lipinski definition) is 7. The minimum Gasteiger partial charge on any atom is -0.350 e. The number of anilines is 1. The standard InChI is InChI=1S/C13H17N5O2S/c1-8-4-9(2)6-17(5-8)12-11(18(19)20)13(21-7-14)16-10(3)15-12/h8-9H,4-6H2,1-3H3. The summed E-state index contributed by atoms with van der Waals surface area (Å²) in [5.74, 6) is 1.69. The summed E-state index contributed by atoms with van der Waals surface area (Å²) < 4.78 is 0. The fraction of sp³-hybridized carbons (Fsp3) is 0.615. The number of thioether (sulfide) groups is 1. The van der Waals surface area contributed by atoms with Gasteiger partial charge in [-0.05, 0) is 25.2 Å². The first-order valence-electron chi connectivity index (χ1n) is 6.76.